The van der Waals surface area contributed by atoms with Crippen LogP contribution in [0.1, 0.15) is 43.4 Å². The van der Waals surface area contributed by atoms with Gasteiger partial charge in [-0.15, -0.1) is 0 Å². The third kappa shape index (κ3) is 13.7. The molecule has 2 fully saturated rings. The molecule has 16 heteroatoms. The van der Waals surface area contributed by atoms with Crippen molar-refractivity contribution in [2.24, 2.45) is 11.3 Å². The number of carbonyl (C=O) groups is 1. The summed E-state index contributed by atoms with van der Waals surface area (Å²) in [6.45, 7) is 4.30. The molecule has 4 aromatic rings. The molecule has 0 bridgehead atoms. The first kappa shape index (κ1) is 46.4. The van der Waals surface area contributed by atoms with E-state index in [2.05, 4.69) is 5.32 Å². The molecule has 14 nitrogen and oxygen atoms in total. The van der Waals surface area contributed by atoms with Crippen molar-refractivity contribution in [2.45, 2.75) is 75.8 Å². The van der Waals surface area contributed by atoms with Crippen molar-refractivity contribution in [3.05, 3.63) is 132 Å². The van der Waals surface area contributed by atoms with Crippen LogP contribution in [0.15, 0.2) is 120 Å². The Morgan fingerprint density at radius 3 is 2.07 bits per heavy atom. The highest BCUT2D eigenvalue weighted by Gasteiger charge is 2.44. The number of hydrogen-bond acceptors (Lipinski definition) is 12. The Labute approximate surface area is 359 Å². The van der Waals surface area contributed by atoms with E-state index in [4.69, 9.17) is 32.7 Å². The minimum absolute atomic E-state index is 0.00108. The lowest BCUT2D eigenvalue weighted by molar-refractivity contribution is -0.0907. The predicted molar refractivity (Wildman–Crippen MR) is 228 cm³/mol. The number of carbonyl (C=O) groups excluding carboxylic acids is 1. The lowest BCUT2D eigenvalue weighted by Gasteiger charge is -2.35. The largest absolute Gasteiger partial charge is 0.497 e. The molecule has 1 unspecified atom stereocenters. The maximum absolute atomic E-state index is 14.5. The third-order valence-electron chi connectivity index (χ3n) is 10.7. The van der Waals surface area contributed by atoms with Gasteiger partial charge in [0.15, 0.2) is 6.29 Å². The zero-order chi connectivity index (χ0) is 43.3. The number of nitrogens with zero attached hydrogens (tertiary/aromatic N) is 1. The molecule has 0 saturated carbocycles. The topological polar surface area (TPSA) is 168 Å². The quantitative estimate of drug-likeness (QED) is 0.0571. The van der Waals surface area contributed by atoms with Crippen LogP contribution in [-0.4, -0.2) is 94.8 Å². The lowest BCUT2D eigenvalue weighted by Crippen LogP contribution is -2.52. The van der Waals surface area contributed by atoms with E-state index in [1.54, 1.807) is 12.1 Å². The second-order valence-electron chi connectivity index (χ2n) is 16.0. The summed E-state index contributed by atoms with van der Waals surface area (Å²) >= 11 is 0. The van der Waals surface area contributed by atoms with Crippen molar-refractivity contribution in [2.75, 3.05) is 46.4 Å². The molecule has 0 aliphatic carbocycles. The summed E-state index contributed by atoms with van der Waals surface area (Å²) < 4.78 is 84.1. The maximum Gasteiger partial charge on any atom is 0.407 e. The van der Waals surface area contributed by atoms with Gasteiger partial charge in [-0.2, -0.15) is 4.31 Å². The van der Waals surface area contributed by atoms with E-state index >= 15 is 0 Å². The van der Waals surface area contributed by atoms with E-state index in [0.29, 0.717) is 25.2 Å². The molecule has 330 valence electrons. The smallest absolute Gasteiger partial charge is 0.407 e. The van der Waals surface area contributed by atoms with Crippen molar-refractivity contribution in [1.82, 2.24) is 9.62 Å². The fourth-order valence-electron chi connectivity index (χ4n) is 7.19. The monoisotopic (exact) mass is 880 g/mol. The van der Waals surface area contributed by atoms with Gasteiger partial charge in [0.05, 0.1) is 56.5 Å². The Morgan fingerprint density at radius 1 is 0.885 bits per heavy atom. The van der Waals surface area contributed by atoms with Gasteiger partial charge in [-0.1, -0.05) is 105 Å². The SMILES string of the molecule is COc1ccc(S(=O)(=O)N(C[C@@H](O)[C@H](Cc2ccccc2)NC(=O)OC2CO[C@H]3OCC[C@@H]23)CC(C)(C)CCOCP(=O)(OCc2ccccc2)OCc2ccccc2)cc1. The van der Waals surface area contributed by atoms with Gasteiger partial charge < -0.3 is 43.2 Å². The molecular weight excluding hydrogens is 824 g/mol. The Bertz CT molecular complexity index is 2070. The normalized spacial score (nSPS) is 19.0. The van der Waals surface area contributed by atoms with Crippen molar-refractivity contribution in [3.8, 4) is 5.75 Å². The number of amides is 1. The Balaban J connectivity index is 1.15. The number of aliphatic hydroxyl groups is 1. The Morgan fingerprint density at radius 2 is 1.48 bits per heavy atom. The molecule has 2 N–H and O–H groups in total. The molecule has 2 aliphatic heterocycles. The highest BCUT2D eigenvalue weighted by Crippen LogP contribution is 2.50. The summed E-state index contributed by atoms with van der Waals surface area (Å²) in [6.07, 6.45) is -2.15. The minimum atomic E-state index is -4.22. The lowest BCUT2D eigenvalue weighted by atomic mass is 9.89. The number of hydrogen-bond donors (Lipinski definition) is 2. The Hall–Kier alpha value is -4.15. The van der Waals surface area contributed by atoms with E-state index < -0.39 is 53.7 Å². The second kappa shape index (κ2) is 21.8. The number of nitrogens with one attached hydrogen (secondary N) is 1. The van der Waals surface area contributed by atoms with Crippen LogP contribution in [0, 0.1) is 11.3 Å². The van der Waals surface area contributed by atoms with Crippen molar-refractivity contribution in [3.63, 3.8) is 0 Å². The average Bonchev–Trinajstić information content (AvgIpc) is 3.90. The van der Waals surface area contributed by atoms with Gasteiger partial charge >= 0.3 is 13.7 Å². The van der Waals surface area contributed by atoms with E-state index in [9.17, 15) is 22.9 Å². The summed E-state index contributed by atoms with van der Waals surface area (Å²) in [6, 6.07) is 33.1. The molecule has 2 heterocycles. The van der Waals surface area contributed by atoms with Gasteiger partial charge in [-0.25, -0.2) is 13.2 Å². The summed E-state index contributed by atoms with van der Waals surface area (Å²) in [7, 11) is -6.48. The molecule has 61 heavy (non-hydrogen) atoms. The molecular formula is C45H57N2O12PS. The van der Waals surface area contributed by atoms with E-state index in [0.717, 1.165) is 16.7 Å². The van der Waals surface area contributed by atoms with Crippen LogP contribution in [0.2, 0.25) is 0 Å². The first-order valence-corrected chi connectivity index (χ1v) is 23.6. The third-order valence-corrected chi connectivity index (χ3v) is 14.1. The fourth-order valence-corrected chi connectivity index (χ4v) is 10.1. The minimum Gasteiger partial charge on any atom is -0.497 e. The summed E-state index contributed by atoms with van der Waals surface area (Å²) in [5.74, 6) is 0.393. The second-order valence-corrected chi connectivity index (χ2v) is 20.0. The van der Waals surface area contributed by atoms with E-state index in [1.165, 1.54) is 23.5 Å². The zero-order valence-electron chi connectivity index (χ0n) is 34.9. The zero-order valence-corrected chi connectivity index (χ0v) is 36.6. The summed E-state index contributed by atoms with van der Waals surface area (Å²) in [4.78, 5) is 13.4. The van der Waals surface area contributed by atoms with Crippen molar-refractivity contribution < 1.29 is 55.6 Å². The van der Waals surface area contributed by atoms with Gasteiger partial charge in [0, 0.05) is 19.7 Å². The molecule has 1 amide bonds. The number of rotatable bonds is 23. The van der Waals surface area contributed by atoms with Crippen LogP contribution in [0.5, 0.6) is 5.75 Å². The average molecular weight is 881 g/mol. The van der Waals surface area contributed by atoms with Gasteiger partial charge in [0.2, 0.25) is 10.0 Å². The Kier molecular flexibility index (Phi) is 16.5. The molecule has 2 aliphatic rings. The van der Waals surface area contributed by atoms with Crippen LogP contribution >= 0.6 is 7.60 Å². The van der Waals surface area contributed by atoms with E-state index in [-0.39, 0.29) is 63.1 Å². The highest BCUT2D eigenvalue weighted by molar-refractivity contribution is 7.89. The summed E-state index contributed by atoms with van der Waals surface area (Å²) in [5.41, 5.74) is 1.74. The predicted octanol–water partition coefficient (Wildman–Crippen LogP) is 7.16. The molecule has 0 spiro atoms. The molecule has 4 aromatic carbocycles. The summed E-state index contributed by atoms with van der Waals surface area (Å²) in [5, 5.41) is 14.8. The van der Waals surface area contributed by atoms with Crippen LogP contribution in [0.3, 0.4) is 0 Å². The first-order valence-electron chi connectivity index (χ1n) is 20.4. The van der Waals surface area contributed by atoms with Crippen LogP contribution < -0.4 is 10.1 Å². The number of benzene rings is 4. The molecule has 2 saturated heterocycles. The van der Waals surface area contributed by atoms with E-state index in [1.807, 2.05) is 105 Å². The number of aliphatic hydroxyl groups excluding tert-OH is 1. The van der Waals surface area contributed by atoms with Gasteiger partial charge in [-0.3, -0.25) is 4.57 Å². The number of fused-ring (bicyclic) bond motifs is 1. The standard InChI is InChI=1S/C45H57N2O12PS/c1-45(2,24-26-54-33-60(50,57-29-35-15-9-5-10-16-35)58-30-36-17-11-6-12-18-36)32-47(61(51,52)38-21-19-37(53-3)20-22-38)28-41(48)40(27-34-13-7-4-8-14-34)46-44(49)59-42-31-56-43-39(42)23-25-55-43/h4-22,39-43,48H,23-33H2,1-3H3,(H,46,49)/t39-,40-,41+,42?,43+/m0/s1. The molecule has 5 atom stereocenters. The van der Waals surface area contributed by atoms with Crippen LogP contribution in [-0.2, 0) is 62.2 Å². The van der Waals surface area contributed by atoms with Crippen LogP contribution in [0.4, 0.5) is 4.79 Å². The number of methoxy groups -OCH3 is 1. The first-order chi connectivity index (χ1) is 29.3. The van der Waals surface area contributed by atoms with Gasteiger partial charge in [0.25, 0.3) is 0 Å². The van der Waals surface area contributed by atoms with Crippen molar-refractivity contribution in [1.29, 1.82) is 0 Å². The van der Waals surface area contributed by atoms with Crippen molar-refractivity contribution >= 4 is 23.7 Å². The van der Waals surface area contributed by atoms with Gasteiger partial charge in [-0.05, 0) is 65.6 Å². The molecule has 0 aromatic heterocycles. The molecule has 0 radical (unpaired) electrons. The van der Waals surface area contributed by atoms with Crippen LogP contribution in [0.25, 0.3) is 0 Å². The molecule has 6 rings (SSSR count). The maximum atomic E-state index is 14.5. The highest BCUT2D eigenvalue weighted by atomic mass is 32.2. The van der Waals surface area contributed by atoms with Gasteiger partial charge in [0.1, 0.15) is 18.2 Å². The number of alkyl carbamates (subject to hydrolysis) is 1. The fraction of sp³-hybridized carbons (Fsp3) is 0.444. The number of sulfonamides is 1. The number of ether oxygens (including phenoxy) is 5.